The van der Waals surface area contributed by atoms with Gasteiger partial charge in [0.15, 0.2) is 0 Å². The topological polar surface area (TPSA) is 27.7 Å². The number of morpholine rings is 1. The van der Waals surface area contributed by atoms with Crippen molar-refractivity contribution in [2.24, 2.45) is 0 Å². The van der Waals surface area contributed by atoms with E-state index in [1.807, 2.05) is 0 Å². The molecule has 2 fully saturated rings. The minimum atomic E-state index is 0.586. The maximum absolute atomic E-state index is 5.45. The van der Waals surface area contributed by atoms with Gasteiger partial charge in [-0.25, -0.2) is 0 Å². The molecule has 0 aliphatic carbocycles. The molecule has 3 atom stereocenters. The molecule has 0 amide bonds. The van der Waals surface area contributed by atoms with E-state index in [-0.39, 0.29) is 0 Å². The van der Waals surface area contributed by atoms with Gasteiger partial charge in [-0.15, -0.1) is 0 Å². The van der Waals surface area contributed by atoms with Crippen LogP contribution in [-0.2, 0) is 4.74 Å². The molecule has 2 rings (SSSR count). The second-order valence-electron chi connectivity index (χ2n) is 6.07. The Morgan fingerprint density at radius 3 is 2.63 bits per heavy atom. The van der Waals surface area contributed by atoms with E-state index >= 15 is 0 Å². The summed E-state index contributed by atoms with van der Waals surface area (Å²) < 4.78 is 5.45. The van der Waals surface area contributed by atoms with Crippen LogP contribution in [0.1, 0.15) is 33.6 Å². The lowest BCUT2D eigenvalue weighted by molar-refractivity contribution is 0.0174. The third-order valence-electron chi connectivity index (χ3n) is 4.77. The molecule has 0 bridgehead atoms. The first-order valence-corrected chi connectivity index (χ1v) is 8.01. The van der Waals surface area contributed by atoms with Gasteiger partial charge in [0.05, 0.1) is 13.2 Å². The van der Waals surface area contributed by atoms with Crippen LogP contribution in [0.2, 0.25) is 0 Å². The zero-order chi connectivity index (χ0) is 13.7. The minimum absolute atomic E-state index is 0.586. The first-order chi connectivity index (χ1) is 9.22. The van der Waals surface area contributed by atoms with Crippen molar-refractivity contribution in [2.75, 3.05) is 45.9 Å². The van der Waals surface area contributed by atoms with Crippen LogP contribution >= 0.6 is 0 Å². The molecule has 1 N–H and O–H groups in total. The fourth-order valence-corrected chi connectivity index (χ4v) is 3.24. The Morgan fingerprint density at radius 2 is 1.95 bits per heavy atom. The highest BCUT2D eigenvalue weighted by Gasteiger charge is 2.32. The Hall–Kier alpha value is -0.160. The Balaban J connectivity index is 1.76. The molecule has 2 heterocycles. The van der Waals surface area contributed by atoms with E-state index in [9.17, 15) is 0 Å². The molecule has 4 nitrogen and oxygen atoms in total. The summed E-state index contributed by atoms with van der Waals surface area (Å²) in [6, 6.07) is 1.98. The molecule has 2 saturated heterocycles. The number of nitrogens with zero attached hydrogens (tertiary/aromatic N) is 2. The van der Waals surface area contributed by atoms with Gasteiger partial charge in [-0.05, 0) is 33.2 Å². The molecule has 0 aromatic heterocycles. The van der Waals surface area contributed by atoms with Gasteiger partial charge in [0, 0.05) is 44.3 Å². The molecular weight excluding hydrogens is 238 g/mol. The molecular formula is C15H31N3O. The summed E-state index contributed by atoms with van der Waals surface area (Å²) in [5.74, 6) is 0. The number of likely N-dealkylation sites (tertiary alicyclic amines) is 1. The summed E-state index contributed by atoms with van der Waals surface area (Å²) >= 11 is 0. The predicted molar refractivity (Wildman–Crippen MR) is 79.6 cm³/mol. The third kappa shape index (κ3) is 4.15. The van der Waals surface area contributed by atoms with Crippen LogP contribution in [-0.4, -0.2) is 73.9 Å². The quantitative estimate of drug-likeness (QED) is 0.783. The number of hydrogen-bond acceptors (Lipinski definition) is 4. The predicted octanol–water partition coefficient (Wildman–Crippen LogP) is 1.17. The Labute approximate surface area is 118 Å². The zero-order valence-electron chi connectivity index (χ0n) is 12.9. The Bertz CT molecular complexity index is 256. The van der Waals surface area contributed by atoms with Crippen LogP contribution in [0.15, 0.2) is 0 Å². The second-order valence-corrected chi connectivity index (χ2v) is 6.07. The van der Waals surface area contributed by atoms with E-state index < -0.39 is 0 Å². The van der Waals surface area contributed by atoms with E-state index in [0.717, 1.165) is 38.9 Å². The van der Waals surface area contributed by atoms with E-state index in [0.29, 0.717) is 12.1 Å². The summed E-state index contributed by atoms with van der Waals surface area (Å²) in [5, 5.41) is 3.63. The molecule has 0 saturated carbocycles. The monoisotopic (exact) mass is 269 g/mol. The highest BCUT2D eigenvalue weighted by atomic mass is 16.5. The standard InChI is InChI=1S/C15H31N3O/c1-4-6-16-13(2)14(3)18-7-5-15(12-18)17-8-10-19-11-9-17/h13-16H,4-12H2,1-3H3. The van der Waals surface area contributed by atoms with Crippen LogP contribution in [0, 0.1) is 0 Å². The zero-order valence-corrected chi connectivity index (χ0v) is 12.9. The summed E-state index contributed by atoms with van der Waals surface area (Å²) in [4.78, 5) is 5.29. The number of hydrogen-bond donors (Lipinski definition) is 1. The smallest absolute Gasteiger partial charge is 0.0594 e. The average Bonchev–Trinajstić information content (AvgIpc) is 2.94. The lowest BCUT2D eigenvalue weighted by Gasteiger charge is -2.34. The fourth-order valence-electron chi connectivity index (χ4n) is 3.24. The van der Waals surface area contributed by atoms with Crippen molar-refractivity contribution in [3.63, 3.8) is 0 Å². The summed E-state index contributed by atoms with van der Waals surface area (Å²) in [5.41, 5.74) is 0. The van der Waals surface area contributed by atoms with Gasteiger partial charge in [0.25, 0.3) is 0 Å². The molecule has 2 aliphatic heterocycles. The Morgan fingerprint density at radius 1 is 1.21 bits per heavy atom. The van der Waals surface area contributed by atoms with Gasteiger partial charge < -0.3 is 10.1 Å². The van der Waals surface area contributed by atoms with Crippen molar-refractivity contribution in [1.82, 2.24) is 15.1 Å². The molecule has 0 spiro atoms. The van der Waals surface area contributed by atoms with Crippen LogP contribution in [0.3, 0.4) is 0 Å². The first-order valence-electron chi connectivity index (χ1n) is 8.01. The van der Waals surface area contributed by atoms with Crippen molar-refractivity contribution >= 4 is 0 Å². The lowest BCUT2D eigenvalue weighted by atomic mass is 10.1. The highest BCUT2D eigenvalue weighted by Crippen LogP contribution is 2.20. The van der Waals surface area contributed by atoms with E-state index in [2.05, 4.69) is 35.9 Å². The summed E-state index contributed by atoms with van der Waals surface area (Å²) in [6.07, 6.45) is 2.54. The van der Waals surface area contributed by atoms with Gasteiger partial charge in [-0.1, -0.05) is 6.92 Å². The average molecular weight is 269 g/mol. The van der Waals surface area contributed by atoms with E-state index in [4.69, 9.17) is 4.74 Å². The van der Waals surface area contributed by atoms with Crippen molar-refractivity contribution in [1.29, 1.82) is 0 Å². The summed E-state index contributed by atoms with van der Waals surface area (Å²) in [7, 11) is 0. The van der Waals surface area contributed by atoms with Crippen LogP contribution in [0.5, 0.6) is 0 Å². The maximum atomic E-state index is 5.45. The van der Waals surface area contributed by atoms with Crippen LogP contribution in [0.25, 0.3) is 0 Å². The number of nitrogens with one attached hydrogen (secondary N) is 1. The van der Waals surface area contributed by atoms with Crippen molar-refractivity contribution in [3.8, 4) is 0 Å². The van der Waals surface area contributed by atoms with Crippen LogP contribution < -0.4 is 5.32 Å². The molecule has 0 radical (unpaired) electrons. The SMILES string of the molecule is CCCNC(C)C(C)N1CCC(N2CCOCC2)C1. The summed E-state index contributed by atoms with van der Waals surface area (Å²) in [6.45, 7) is 14.6. The van der Waals surface area contributed by atoms with Gasteiger partial charge >= 0.3 is 0 Å². The third-order valence-corrected chi connectivity index (χ3v) is 4.77. The van der Waals surface area contributed by atoms with Crippen molar-refractivity contribution in [3.05, 3.63) is 0 Å². The van der Waals surface area contributed by atoms with Crippen LogP contribution in [0.4, 0.5) is 0 Å². The van der Waals surface area contributed by atoms with Gasteiger partial charge in [-0.2, -0.15) is 0 Å². The molecule has 2 aliphatic rings. The molecule has 4 heteroatoms. The lowest BCUT2D eigenvalue weighted by Crippen LogP contribution is -2.49. The Kier molecular flexibility index (Phi) is 6.07. The second kappa shape index (κ2) is 7.58. The molecule has 0 aromatic rings. The van der Waals surface area contributed by atoms with Gasteiger partial charge in [-0.3, -0.25) is 9.80 Å². The maximum Gasteiger partial charge on any atom is 0.0594 e. The molecule has 3 unspecified atom stereocenters. The fraction of sp³-hybridized carbons (Fsp3) is 1.00. The molecule has 19 heavy (non-hydrogen) atoms. The minimum Gasteiger partial charge on any atom is -0.379 e. The number of rotatable bonds is 6. The normalized spacial score (nSPS) is 29.5. The van der Waals surface area contributed by atoms with Gasteiger partial charge in [0.1, 0.15) is 0 Å². The number of ether oxygens (including phenoxy) is 1. The largest absolute Gasteiger partial charge is 0.379 e. The van der Waals surface area contributed by atoms with Crippen molar-refractivity contribution in [2.45, 2.75) is 51.7 Å². The first kappa shape index (κ1) is 15.2. The van der Waals surface area contributed by atoms with Gasteiger partial charge in [0.2, 0.25) is 0 Å². The van der Waals surface area contributed by atoms with Crippen molar-refractivity contribution < 1.29 is 4.74 Å². The van der Waals surface area contributed by atoms with E-state index in [1.54, 1.807) is 0 Å². The molecule has 112 valence electrons. The van der Waals surface area contributed by atoms with E-state index in [1.165, 1.54) is 25.9 Å². The highest BCUT2D eigenvalue weighted by molar-refractivity contribution is 4.89. The molecule has 0 aromatic carbocycles.